The molecule has 2 aliphatic rings. The summed E-state index contributed by atoms with van der Waals surface area (Å²) in [4.78, 5) is 30.7. The summed E-state index contributed by atoms with van der Waals surface area (Å²) in [6.45, 7) is 2.13. The fourth-order valence-electron chi connectivity index (χ4n) is 4.31. The monoisotopic (exact) mass is 465 g/mol. The summed E-state index contributed by atoms with van der Waals surface area (Å²) in [5, 5.41) is 3.72. The Balaban J connectivity index is 1.43. The summed E-state index contributed by atoms with van der Waals surface area (Å²) in [7, 11) is 1.55. The van der Waals surface area contributed by atoms with Gasteiger partial charge in [0.05, 0.1) is 31.0 Å². The maximum atomic E-state index is 13.3. The minimum Gasteiger partial charge on any atom is -0.495 e. The summed E-state index contributed by atoms with van der Waals surface area (Å²) >= 11 is 0. The van der Waals surface area contributed by atoms with Gasteiger partial charge in [0, 0.05) is 30.2 Å². The van der Waals surface area contributed by atoms with Gasteiger partial charge in [-0.15, -0.1) is 0 Å². The number of methoxy groups -OCH3 is 1. The van der Waals surface area contributed by atoms with Crippen molar-refractivity contribution < 1.29 is 23.7 Å². The SMILES string of the molecule is COc1ccccc1NC(=O)N(Cc1cc2cc3c(cc2[nH]c1=O)OCCO3)C[C@@H]1CCCO1. The van der Waals surface area contributed by atoms with Crippen LogP contribution < -0.4 is 25.1 Å². The lowest BCUT2D eigenvalue weighted by molar-refractivity contribution is 0.0818. The van der Waals surface area contributed by atoms with E-state index >= 15 is 0 Å². The zero-order valence-corrected chi connectivity index (χ0v) is 19.0. The lowest BCUT2D eigenvalue weighted by Gasteiger charge is -2.26. The first kappa shape index (κ1) is 22.1. The van der Waals surface area contributed by atoms with Gasteiger partial charge in [0.1, 0.15) is 19.0 Å². The first-order valence-electron chi connectivity index (χ1n) is 11.4. The summed E-state index contributed by atoms with van der Waals surface area (Å²) in [5.41, 5.74) is 1.43. The van der Waals surface area contributed by atoms with Crippen LogP contribution in [0.5, 0.6) is 17.2 Å². The Morgan fingerprint density at radius 1 is 1.15 bits per heavy atom. The molecular formula is C25H27N3O6. The van der Waals surface area contributed by atoms with E-state index in [-0.39, 0.29) is 24.2 Å². The number of pyridine rings is 1. The fraction of sp³-hybridized carbons (Fsp3) is 0.360. The van der Waals surface area contributed by atoms with Crippen molar-refractivity contribution in [2.75, 3.05) is 38.8 Å². The number of nitrogens with zero attached hydrogens (tertiary/aromatic N) is 1. The number of aromatic amines is 1. The first-order valence-corrected chi connectivity index (χ1v) is 11.4. The molecule has 3 aromatic rings. The number of para-hydroxylation sites is 2. The molecule has 2 aromatic carbocycles. The van der Waals surface area contributed by atoms with Crippen LogP contribution in [-0.2, 0) is 11.3 Å². The van der Waals surface area contributed by atoms with Gasteiger partial charge >= 0.3 is 6.03 Å². The number of nitrogens with one attached hydrogen (secondary N) is 2. The third-order valence-electron chi connectivity index (χ3n) is 6.03. The number of urea groups is 1. The van der Waals surface area contributed by atoms with Crippen molar-refractivity contribution in [3.63, 3.8) is 0 Å². The molecule has 34 heavy (non-hydrogen) atoms. The van der Waals surface area contributed by atoms with E-state index in [0.717, 1.165) is 18.2 Å². The topological polar surface area (TPSA) is 102 Å². The smallest absolute Gasteiger partial charge is 0.322 e. The van der Waals surface area contributed by atoms with Crippen molar-refractivity contribution in [1.29, 1.82) is 0 Å². The molecule has 0 aliphatic carbocycles. The highest BCUT2D eigenvalue weighted by Gasteiger charge is 2.25. The number of rotatable bonds is 6. The van der Waals surface area contributed by atoms with Gasteiger partial charge in [-0.1, -0.05) is 12.1 Å². The zero-order chi connectivity index (χ0) is 23.5. The van der Waals surface area contributed by atoms with Crippen LogP contribution in [0, 0.1) is 0 Å². The average molecular weight is 466 g/mol. The average Bonchev–Trinajstić information content (AvgIpc) is 3.36. The Kier molecular flexibility index (Phi) is 6.27. The standard InChI is InChI=1S/C25H27N3O6/c1-31-21-7-3-2-6-19(21)27-25(30)28(15-18-5-4-8-32-18)14-17-11-16-12-22-23(34-10-9-33-22)13-20(16)26-24(17)29/h2-3,6-7,11-13,18H,4-5,8-10,14-15H2,1H3,(H,26,29)(H,27,30)/t18-/m0/s1. The quantitative estimate of drug-likeness (QED) is 0.578. The maximum absolute atomic E-state index is 13.3. The number of aromatic nitrogens is 1. The van der Waals surface area contributed by atoms with E-state index in [0.29, 0.717) is 60.4 Å². The second-order valence-electron chi connectivity index (χ2n) is 8.35. The van der Waals surface area contributed by atoms with E-state index in [2.05, 4.69) is 10.3 Å². The number of carbonyl (C=O) groups excluding carboxylic acids is 1. The molecule has 3 heterocycles. The summed E-state index contributed by atoms with van der Waals surface area (Å²) < 4.78 is 22.4. The van der Waals surface area contributed by atoms with Crippen LogP contribution in [0.15, 0.2) is 47.3 Å². The lowest BCUT2D eigenvalue weighted by Crippen LogP contribution is -2.40. The van der Waals surface area contributed by atoms with Gasteiger partial charge in [-0.3, -0.25) is 4.79 Å². The van der Waals surface area contributed by atoms with Crippen molar-refractivity contribution in [3.8, 4) is 17.2 Å². The lowest BCUT2D eigenvalue weighted by atomic mass is 10.1. The van der Waals surface area contributed by atoms with E-state index < -0.39 is 0 Å². The molecule has 1 fully saturated rings. The van der Waals surface area contributed by atoms with E-state index in [1.165, 1.54) is 0 Å². The zero-order valence-electron chi connectivity index (χ0n) is 19.0. The van der Waals surface area contributed by atoms with Crippen LogP contribution in [0.25, 0.3) is 10.9 Å². The second-order valence-corrected chi connectivity index (χ2v) is 8.35. The predicted molar refractivity (Wildman–Crippen MR) is 127 cm³/mol. The fourth-order valence-corrected chi connectivity index (χ4v) is 4.31. The Labute approximate surface area is 196 Å². The van der Waals surface area contributed by atoms with Crippen LogP contribution >= 0.6 is 0 Å². The largest absolute Gasteiger partial charge is 0.495 e. The van der Waals surface area contributed by atoms with Crippen LogP contribution in [0.4, 0.5) is 10.5 Å². The third kappa shape index (κ3) is 4.65. The van der Waals surface area contributed by atoms with Gasteiger partial charge in [0.15, 0.2) is 11.5 Å². The van der Waals surface area contributed by atoms with Gasteiger partial charge in [0.25, 0.3) is 5.56 Å². The van der Waals surface area contributed by atoms with E-state index in [1.807, 2.05) is 18.2 Å². The molecule has 0 unspecified atom stereocenters. The Morgan fingerprint density at radius 3 is 2.71 bits per heavy atom. The van der Waals surface area contributed by atoms with Crippen molar-refractivity contribution in [2.45, 2.75) is 25.5 Å². The van der Waals surface area contributed by atoms with Gasteiger partial charge in [-0.25, -0.2) is 4.79 Å². The number of benzene rings is 2. The molecule has 0 bridgehead atoms. The number of hydrogen-bond acceptors (Lipinski definition) is 6. The summed E-state index contributed by atoms with van der Waals surface area (Å²) in [6.07, 6.45) is 1.76. The van der Waals surface area contributed by atoms with Crippen molar-refractivity contribution in [2.24, 2.45) is 0 Å². The van der Waals surface area contributed by atoms with Gasteiger partial charge in [-0.2, -0.15) is 0 Å². The molecule has 1 aromatic heterocycles. The normalized spacial score (nSPS) is 16.9. The molecule has 9 heteroatoms. The minimum absolute atomic E-state index is 0.0690. The molecule has 2 N–H and O–H groups in total. The van der Waals surface area contributed by atoms with Crippen LogP contribution in [-0.4, -0.2) is 55.5 Å². The summed E-state index contributed by atoms with van der Waals surface area (Å²) in [6, 6.07) is 12.3. The van der Waals surface area contributed by atoms with Crippen molar-refractivity contribution >= 4 is 22.6 Å². The maximum Gasteiger partial charge on any atom is 0.322 e. The number of anilines is 1. The van der Waals surface area contributed by atoms with Crippen molar-refractivity contribution in [1.82, 2.24) is 9.88 Å². The molecule has 5 rings (SSSR count). The summed E-state index contributed by atoms with van der Waals surface area (Å²) in [5.74, 6) is 1.81. The van der Waals surface area contributed by atoms with Crippen LogP contribution in [0.2, 0.25) is 0 Å². The molecular weight excluding hydrogens is 438 g/mol. The van der Waals surface area contributed by atoms with Gasteiger partial charge in [-0.05, 0) is 37.1 Å². The second kappa shape index (κ2) is 9.64. The third-order valence-corrected chi connectivity index (χ3v) is 6.03. The minimum atomic E-state index is -0.332. The Hall–Kier alpha value is -3.72. The molecule has 1 saturated heterocycles. The van der Waals surface area contributed by atoms with E-state index in [9.17, 15) is 9.59 Å². The molecule has 2 amide bonds. The predicted octanol–water partition coefficient (Wildman–Crippen LogP) is 3.52. The van der Waals surface area contributed by atoms with Crippen LogP contribution in [0.3, 0.4) is 0 Å². The first-order chi connectivity index (χ1) is 16.6. The molecule has 9 nitrogen and oxygen atoms in total. The number of ether oxygens (including phenoxy) is 4. The van der Waals surface area contributed by atoms with Crippen LogP contribution in [0.1, 0.15) is 18.4 Å². The van der Waals surface area contributed by atoms with Crippen molar-refractivity contribution in [3.05, 3.63) is 58.4 Å². The molecule has 1 atom stereocenters. The molecule has 2 aliphatic heterocycles. The highest BCUT2D eigenvalue weighted by atomic mass is 16.6. The van der Waals surface area contributed by atoms with E-state index in [4.69, 9.17) is 18.9 Å². The number of fused-ring (bicyclic) bond motifs is 2. The number of carbonyl (C=O) groups is 1. The highest BCUT2D eigenvalue weighted by molar-refractivity contribution is 5.91. The van der Waals surface area contributed by atoms with E-state index in [1.54, 1.807) is 36.3 Å². The Bertz CT molecular complexity index is 1250. The van der Waals surface area contributed by atoms with Gasteiger partial charge in [0.2, 0.25) is 0 Å². The molecule has 0 saturated carbocycles. The highest BCUT2D eigenvalue weighted by Crippen LogP contribution is 2.33. The Morgan fingerprint density at radius 2 is 1.94 bits per heavy atom. The number of H-pyrrole nitrogens is 1. The van der Waals surface area contributed by atoms with Gasteiger partial charge < -0.3 is 34.1 Å². The molecule has 0 radical (unpaired) electrons. The number of amides is 2. The molecule has 0 spiro atoms. The number of hydrogen-bond donors (Lipinski definition) is 2. The molecule has 178 valence electrons.